The maximum Gasteiger partial charge on any atom is 0.191 e. The number of methoxy groups -OCH3 is 1. The molecule has 0 radical (unpaired) electrons. The molecule has 0 heterocycles. The van der Waals surface area contributed by atoms with Crippen molar-refractivity contribution >= 4 is 5.96 Å². The molecule has 0 amide bonds. The minimum Gasteiger partial charge on any atom is -0.491 e. The number of rotatable bonds is 9. The monoisotopic (exact) mass is 293 g/mol. The van der Waals surface area contributed by atoms with Gasteiger partial charge in [-0.15, -0.1) is 0 Å². The van der Waals surface area contributed by atoms with E-state index in [1.165, 1.54) is 0 Å². The molecule has 2 N–H and O–H groups in total. The Labute approximate surface area is 127 Å². The molecule has 1 rings (SSSR count). The van der Waals surface area contributed by atoms with Crippen molar-refractivity contribution in [2.75, 3.05) is 33.4 Å². The molecule has 0 bridgehead atoms. The first-order chi connectivity index (χ1) is 10.3. The Morgan fingerprint density at radius 3 is 2.76 bits per heavy atom. The number of guanidine groups is 1. The Morgan fingerprint density at radius 1 is 1.19 bits per heavy atom. The van der Waals surface area contributed by atoms with E-state index >= 15 is 0 Å². The summed E-state index contributed by atoms with van der Waals surface area (Å²) in [5, 5.41) is 6.52. The molecular weight excluding hydrogens is 266 g/mol. The lowest BCUT2D eigenvalue weighted by atomic mass is 10.2. The van der Waals surface area contributed by atoms with Gasteiger partial charge in [0.1, 0.15) is 12.4 Å². The lowest BCUT2D eigenvalue weighted by Gasteiger charge is -2.10. The molecule has 21 heavy (non-hydrogen) atoms. The molecule has 5 heteroatoms. The minimum absolute atomic E-state index is 0.559. The molecule has 0 aliphatic carbocycles. The molecule has 0 saturated carbocycles. The van der Waals surface area contributed by atoms with Gasteiger partial charge in [-0.25, -0.2) is 4.99 Å². The van der Waals surface area contributed by atoms with Crippen LogP contribution in [-0.4, -0.2) is 39.4 Å². The molecule has 118 valence electrons. The summed E-state index contributed by atoms with van der Waals surface area (Å²) in [5.41, 5.74) is 1.12. The van der Waals surface area contributed by atoms with Crippen LogP contribution in [0.3, 0.4) is 0 Å². The van der Waals surface area contributed by atoms with Crippen LogP contribution in [-0.2, 0) is 11.3 Å². The van der Waals surface area contributed by atoms with Crippen LogP contribution >= 0.6 is 0 Å². The van der Waals surface area contributed by atoms with Crippen molar-refractivity contribution in [3.8, 4) is 5.75 Å². The van der Waals surface area contributed by atoms with E-state index in [4.69, 9.17) is 9.47 Å². The predicted octanol–water partition coefficient (Wildman–Crippen LogP) is 2.18. The second-order valence-corrected chi connectivity index (χ2v) is 4.61. The van der Waals surface area contributed by atoms with Crippen LogP contribution < -0.4 is 15.4 Å². The maximum atomic E-state index is 5.60. The van der Waals surface area contributed by atoms with Crippen molar-refractivity contribution < 1.29 is 9.47 Å². The first-order valence-corrected chi connectivity index (χ1v) is 7.53. The first-order valence-electron chi connectivity index (χ1n) is 7.53. The number of hydrogen-bond donors (Lipinski definition) is 2. The van der Waals surface area contributed by atoms with E-state index in [1.54, 1.807) is 7.11 Å². The second kappa shape index (κ2) is 11.0. The molecule has 5 nitrogen and oxygen atoms in total. The van der Waals surface area contributed by atoms with Gasteiger partial charge < -0.3 is 20.1 Å². The van der Waals surface area contributed by atoms with Gasteiger partial charge in [-0.1, -0.05) is 19.1 Å². The van der Waals surface area contributed by atoms with Crippen molar-refractivity contribution in [2.45, 2.75) is 26.8 Å². The molecule has 1 aromatic rings. The van der Waals surface area contributed by atoms with E-state index in [0.717, 1.165) is 36.8 Å². The highest BCUT2D eigenvalue weighted by atomic mass is 16.5. The molecular formula is C16H27N3O2. The van der Waals surface area contributed by atoms with Crippen LogP contribution in [0.4, 0.5) is 0 Å². The van der Waals surface area contributed by atoms with Gasteiger partial charge in [-0.2, -0.15) is 0 Å². The van der Waals surface area contributed by atoms with E-state index in [9.17, 15) is 0 Å². The zero-order valence-electron chi connectivity index (χ0n) is 13.3. The Morgan fingerprint density at radius 2 is 2.05 bits per heavy atom. The molecule has 0 aliphatic heterocycles. The standard InChI is InChI=1S/C16H27N3O2/c1-4-9-18-16(17-5-2)19-13-14-7-6-8-15(12-14)21-11-10-20-3/h6-8,12H,4-5,9-11,13H2,1-3H3,(H2,17,18,19). The van der Waals surface area contributed by atoms with Crippen molar-refractivity contribution in [1.29, 1.82) is 0 Å². The number of ether oxygens (including phenoxy) is 2. The fourth-order valence-electron chi connectivity index (χ4n) is 1.73. The summed E-state index contributed by atoms with van der Waals surface area (Å²) in [4.78, 5) is 4.57. The topological polar surface area (TPSA) is 54.9 Å². The molecule has 1 aromatic carbocycles. The fourth-order valence-corrected chi connectivity index (χ4v) is 1.73. The van der Waals surface area contributed by atoms with Gasteiger partial charge in [0.15, 0.2) is 5.96 Å². The fraction of sp³-hybridized carbons (Fsp3) is 0.562. The summed E-state index contributed by atoms with van der Waals surface area (Å²) < 4.78 is 10.6. The third-order valence-corrected chi connectivity index (χ3v) is 2.76. The van der Waals surface area contributed by atoms with Crippen LogP contribution in [0.25, 0.3) is 0 Å². The van der Waals surface area contributed by atoms with Crippen molar-refractivity contribution in [2.24, 2.45) is 4.99 Å². The Kier molecular flexibility index (Phi) is 9.04. The van der Waals surface area contributed by atoms with Crippen LogP contribution in [0, 0.1) is 0 Å². The largest absolute Gasteiger partial charge is 0.491 e. The van der Waals surface area contributed by atoms with Gasteiger partial charge >= 0.3 is 0 Å². The molecule has 0 aliphatic rings. The normalized spacial score (nSPS) is 11.3. The van der Waals surface area contributed by atoms with Gasteiger partial charge in [-0.05, 0) is 31.0 Å². The highest BCUT2D eigenvalue weighted by Gasteiger charge is 1.99. The van der Waals surface area contributed by atoms with Crippen molar-refractivity contribution in [1.82, 2.24) is 10.6 Å². The van der Waals surface area contributed by atoms with Crippen molar-refractivity contribution in [3.05, 3.63) is 29.8 Å². The molecule has 0 unspecified atom stereocenters. The zero-order valence-corrected chi connectivity index (χ0v) is 13.3. The molecule has 0 aromatic heterocycles. The Balaban J connectivity index is 2.57. The van der Waals surface area contributed by atoms with E-state index in [-0.39, 0.29) is 0 Å². The number of nitrogens with one attached hydrogen (secondary N) is 2. The average Bonchev–Trinajstić information content (AvgIpc) is 2.51. The number of hydrogen-bond acceptors (Lipinski definition) is 3. The molecule has 0 atom stereocenters. The summed E-state index contributed by atoms with van der Waals surface area (Å²) in [7, 11) is 1.67. The Bertz CT molecular complexity index is 422. The molecule has 0 fully saturated rings. The summed E-state index contributed by atoms with van der Waals surface area (Å²) >= 11 is 0. The predicted molar refractivity (Wildman–Crippen MR) is 86.9 cm³/mol. The van der Waals surface area contributed by atoms with E-state index in [0.29, 0.717) is 19.8 Å². The second-order valence-electron chi connectivity index (χ2n) is 4.61. The first kappa shape index (κ1) is 17.3. The van der Waals surface area contributed by atoms with Crippen LogP contribution in [0.15, 0.2) is 29.3 Å². The highest BCUT2D eigenvalue weighted by molar-refractivity contribution is 5.79. The Hall–Kier alpha value is -1.75. The smallest absolute Gasteiger partial charge is 0.191 e. The van der Waals surface area contributed by atoms with E-state index in [2.05, 4.69) is 35.5 Å². The van der Waals surface area contributed by atoms with Gasteiger partial charge in [0.2, 0.25) is 0 Å². The van der Waals surface area contributed by atoms with Crippen LogP contribution in [0.1, 0.15) is 25.8 Å². The third-order valence-electron chi connectivity index (χ3n) is 2.76. The summed E-state index contributed by atoms with van der Waals surface area (Å²) in [6, 6.07) is 8.00. The minimum atomic E-state index is 0.559. The van der Waals surface area contributed by atoms with Gasteiger partial charge in [0, 0.05) is 20.2 Å². The summed E-state index contributed by atoms with van der Waals surface area (Å²) in [5.74, 6) is 1.70. The zero-order chi connectivity index (χ0) is 15.3. The van der Waals surface area contributed by atoms with Crippen LogP contribution in [0.5, 0.6) is 5.75 Å². The lowest BCUT2D eigenvalue weighted by Crippen LogP contribution is -2.37. The highest BCUT2D eigenvalue weighted by Crippen LogP contribution is 2.14. The maximum absolute atomic E-state index is 5.60. The summed E-state index contributed by atoms with van der Waals surface area (Å²) in [6.45, 7) is 7.75. The SMILES string of the molecule is CCCNC(=NCc1cccc(OCCOC)c1)NCC. The van der Waals surface area contributed by atoms with Crippen molar-refractivity contribution in [3.63, 3.8) is 0 Å². The lowest BCUT2D eigenvalue weighted by molar-refractivity contribution is 0.146. The molecule has 0 spiro atoms. The van der Waals surface area contributed by atoms with E-state index < -0.39 is 0 Å². The van der Waals surface area contributed by atoms with E-state index in [1.807, 2.05) is 18.2 Å². The quantitative estimate of drug-likeness (QED) is 0.416. The number of benzene rings is 1. The third kappa shape index (κ3) is 7.56. The van der Waals surface area contributed by atoms with Gasteiger partial charge in [0.25, 0.3) is 0 Å². The number of aliphatic imine (C=N–C) groups is 1. The van der Waals surface area contributed by atoms with Crippen LogP contribution in [0.2, 0.25) is 0 Å². The number of nitrogens with zero attached hydrogens (tertiary/aromatic N) is 1. The summed E-state index contributed by atoms with van der Waals surface area (Å²) in [6.07, 6.45) is 1.08. The molecule has 0 saturated heterocycles. The van der Waals surface area contributed by atoms with Gasteiger partial charge in [-0.3, -0.25) is 0 Å². The van der Waals surface area contributed by atoms with Gasteiger partial charge in [0.05, 0.1) is 13.2 Å². The average molecular weight is 293 g/mol.